The monoisotopic (exact) mass is 305 g/mol. The molecule has 0 unspecified atom stereocenters. The summed E-state index contributed by atoms with van der Waals surface area (Å²) in [6.45, 7) is 0. The van der Waals surface area contributed by atoms with Crippen LogP contribution >= 0.6 is 15.9 Å². The van der Waals surface area contributed by atoms with Crippen LogP contribution in [0.1, 0.15) is 0 Å². The largest absolute Gasteiger partial charge is 0.507 e. The van der Waals surface area contributed by atoms with Crippen molar-refractivity contribution in [2.75, 3.05) is 0 Å². The summed E-state index contributed by atoms with van der Waals surface area (Å²) in [5.41, 5.74) is 2.28. The van der Waals surface area contributed by atoms with Crippen LogP contribution in [0.4, 0.5) is 4.39 Å². The lowest BCUT2D eigenvalue weighted by atomic mass is 10.1. The molecule has 3 aromatic rings. The number of aromatic nitrogens is 1. The number of hydrogen-bond donors (Lipinski definition) is 2. The van der Waals surface area contributed by atoms with E-state index in [-0.39, 0.29) is 11.6 Å². The van der Waals surface area contributed by atoms with E-state index >= 15 is 0 Å². The highest BCUT2D eigenvalue weighted by Crippen LogP contribution is 2.33. The second kappa shape index (κ2) is 4.14. The van der Waals surface area contributed by atoms with Gasteiger partial charge in [0.15, 0.2) is 0 Å². The van der Waals surface area contributed by atoms with Gasteiger partial charge in [-0.15, -0.1) is 0 Å². The molecular formula is C14H9BrFNO. The number of aromatic hydroxyl groups is 1. The first-order chi connectivity index (χ1) is 8.63. The van der Waals surface area contributed by atoms with Crippen molar-refractivity contribution in [1.29, 1.82) is 0 Å². The molecule has 4 heteroatoms. The molecule has 0 aliphatic carbocycles. The van der Waals surface area contributed by atoms with Gasteiger partial charge in [-0.2, -0.15) is 0 Å². The topological polar surface area (TPSA) is 36.0 Å². The minimum atomic E-state index is -0.272. The molecule has 0 radical (unpaired) electrons. The zero-order valence-electron chi connectivity index (χ0n) is 9.24. The average Bonchev–Trinajstić information content (AvgIpc) is 2.74. The number of phenolic OH excluding ortho intramolecular Hbond substituents is 1. The van der Waals surface area contributed by atoms with E-state index < -0.39 is 0 Å². The van der Waals surface area contributed by atoms with E-state index in [4.69, 9.17) is 0 Å². The van der Waals surface area contributed by atoms with E-state index in [2.05, 4.69) is 20.9 Å². The summed E-state index contributed by atoms with van der Waals surface area (Å²) in [5, 5.41) is 10.6. The third kappa shape index (κ3) is 1.88. The van der Waals surface area contributed by atoms with Gasteiger partial charge in [-0.1, -0.05) is 15.9 Å². The van der Waals surface area contributed by atoms with Crippen LogP contribution in [0, 0.1) is 5.82 Å². The minimum absolute atomic E-state index is 0.185. The van der Waals surface area contributed by atoms with Crippen LogP contribution < -0.4 is 0 Å². The Morgan fingerprint density at radius 3 is 2.72 bits per heavy atom. The molecule has 2 N–H and O–H groups in total. The normalized spacial score (nSPS) is 11.0. The predicted octanol–water partition coefficient (Wildman–Crippen LogP) is 4.44. The van der Waals surface area contributed by atoms with Crippen LogP contribution in [0.5, 0.6) is 5.75 Å². The second-order valence-corrected chi connectivity index (χ2v) is 4.99. The predicted molar refractivity (Wildman–Crippen MR) is 73.1 cm³/mol. The molecule has 0 fully saturated rings. The molecule has 0 bridgehead atoms. The van der Waals surface area contributed by atoms with Gasteiger partial charge >= 0.3 is 0 Å². The van der Waals surface area contributed by atoms with Gasteiger partial charge in [-0.25, -0.2) is 4.39 Å². The second-order valence-electron chi connectivity index (χ2n) is 4.08. The van der Waals surface area contributed by atoms with Crippen molar-refractivity contribution in [3.63, 3.8) is 0 Å². The van der Waals surface area contributed by atoms with Gasteiger partial charge in [-0.05, 0) is 42.5 Å². The van der Waals surface area contributed by atoms with E-state index in [0.29, 0.717) is 5.56 Å². The highest BCUT2D eigenvalue weighted by atomic mass is 79.9. The fourth-order valence-corrected chi connectivity index (χ4v) is 2.33. The Morgan fingerprint density at radius 1 is 1.06 bits per heavy atom. The van der Waals surface area contributed by atoms with Crippen molar-refractivity contribution in [3.05, 3.63) is 52.8 Å². The number of aromatic amines is 1. The van der Waals surface area contributed by atoms with Crippen molar-refractivity contribution in [1.82, 2.24) is 4.98 Å². The SMILES string of the molecule is Oc1ccc(Br)cc1-c1cc2cc(F)ccc2[nH]1. The molecule has 2 aromatic carbocycles. The maximum Gasteiger partial charge on any atom is 0.124 e. The van der Waals surface area contributed by atoms with Gasteiger partial charge in [0, 0.05) is 20.9 Å². The third-order valence-corrected chi connectivity index (χ3v) is 3.32. The van der Waals surface area contributed by atoms with Gasteiger partial charge in [0.1, 0.15) is 11.6 Å². The molecule has 90 valence electrons. The molecule has 0 atom stereocenters. The van der Waals surface area contributed by atoms with Crippen LogP contribution in [-0.2, 0) is 0 Å². The van der Waals surface area contributed by atoms with Crippen LogP contribution in [0.2, 0.25) is 0 Å². The fraction of sp³-hybridized carbons (Fsp3) is 0. The molecule has 0 saturated heterocycles. The summed E-state index contributed by atoms with van der Waals surface area (Å²) in [6, 6.07) is 11.6. The zero-order chi connectivity index (χ0) is 12.7. The maximum absolute atomic E-state index is 13.1. The number of halogens is 2. The maximum atomic E-state index is 13.1. The van der Waals surface area contributed by atoms with E-state index in [1.807, 2.05) is 12.1 Å². The number of nitrogens with one attached hydrogen (secondary N) is 1. The highest BCUT2D eigenvalue weighted by Gasteiger charge is 2.08. The summed E-state index contributed by atoms with van der Waals surface area (Å²) in [6.07, 6.45) is 0. The molecular weight excluding hydrogens is 297 g/mol. The van der Waals surface area contributed by atoms with E-state index in [9.17, 15) is 9.50 Å². The van der Waals surface area contributed by atoms with Crippen molar-refractivity contribution in [3.8, 4) is 17.0 Å². The lowest BCUT2D eigenvalue weighted by Crippen LogP contribution is -1.79. The van der Waals surface area contributed by atoms with Gasteiger partial charge in [0.2, 0.25) is 0 Å². The quantitative estimate of drug-likeness (QED) is 0.685. The standard InChI is InChI=1S/C14H9BrFNO/c15-9-1-4-14(18)11(7-9)13-6-8-5-10(16)2-3-12(8)17-13/h1-7,17-18H. The Balaban J connectivity index is 2.22. The minimum Gasteiger partial charge on any atom is -0.507 e. The lowest BCUT2D eigenvalue weighted by molar-refractivity contribution is 0.477. The lowest BCUT2D eigenvalue weighted by Gasteiger charge is -2.02. The summed E-state index contributed by atoms with van der Waals surface area (Å²) in [7, 11) is 0. The summed E-state index contributed by atoms with van der Waals surface area (Å²) in [5.74, 6) is -0.0863. The first kappa shape index (κ1) is 11.3. The highest BCUT2D eigenvalue weighted by molar-refractivity contribution is 9.10. The molecule has 2 nitrogen and oxygen atoms in total. The Labute approximate surface area is 111 Å². The first-order valence-corrected chi connectivity index (χ1v) is 6.20. The number of rotatable bonds is 1. The molecule has 18 heavy (non-hydrogen) atoms. The molecule has 0 aliphatic rings. The number of H-pyrrole nitrogens is 1. The van der Waals surface area contributed by atoms with Gasteiger partial charge < -0.3 is 10.1 Å². The Morgan fingerprint density at radius 2 is 1.89 bits per heavy atom. The van der Waals surface area contributed by atoms with Crippen molar-refractivity contribution >= 4 is 26.8 Å². The van der Waals surface area contributed by atoms with Crippen LogP contribution in [0.3, 0.4) is 0 Å². The molecule has 0 spiro atoms. The van der Waals surface area contributed by atoms with E-state index in [1.165, 1.54) is 12.1 Å². The number of phenols is 1. The first-order valence-electron chi connectivity index (χ1n) is 5.40. The zero-order valence-corrected chi connectivity index (χ0v) is 10.8. The third-order valence-electron chi connectivity index (χ3n) is 2.83. The number of fused-ring (bicyclic) bond motifs is 1. The van der Waals surface area contributed by atoms with Gasteiger partial charge in [-0.3, -0.25) is 0 Å². The Bertz CT molecular complexity index is 736. The van der Waals surface area contributed by atoms with Crippen molar-refractivity contribution in [2.24, 2.45) is 0 Å². The fourth-order valence-electron chi connectivity index (χ4n) is 1.97. The van der Waals surface area contributed by atoms with E-state index in [1.54, 1.807) is 18.2 Å². The van der Waals surface area contributed by atoms with Crippen molar-refractivity contribution in [2.45, 2.75) is 0 Å². The summed E-state index contributed by atoms with van der Waals surface area (Å²) < 4.78 is 14.0. The van der Waals surface area contributed by atoms with Crippen molar-refractivity contribution < 1.29 is 9.50 Å². The van der Waals surface area contributed by atoms with E-state index in [0.717, 1.165) is 21.1 Å². The summed E-state index contributed by atoms with van der Waals surface area (Å²) >= 11 is 3.36. The molecule has 1 aromatic heterocycles. The molecule has 3 rings (SSSR count). The van der Waals surface area contributed by atoms with Crippen LogP contribution in [0.25, 0.3) is 22.2 Å². The molecule has 0 saturated carbocycles. The Kier molecular flexibility index (Phi) is 2.59. The van der Waals surface area contributed by atoms with Gasteiger partial charge in [0.25, 0.3) is 0 Å². The Hall–Kier alpha value is -1.81. The summed E-state index contributed by atoms with van der Waals surface area (Å²) in [4.78, 5) is 3.16. The molecule has 0 aliphatic heterocycles. The molecule has 0 amide bonds. The molecule has 1 heterocycles. The van der Waals surface area contributed by atoms with Crippen LogP contribution in [-0.4, -0.2) is 10.1 Å². The van der Waals surface area contributed by atoms with Gasteiger partial charge in [0.05, 0.1) is 5.69 Å². The number of benzene rings is 2. The smallest absolute Gasteiger partial charge is 0.124 e. The van der Waals surface area contributed by atoms with Crippen LogP contribution in [0.15, 0.2) is 46.9 Å². The average molecular weight is 306 g/mol. The number of hydrogen-bond acceptors (Lipinski definition) is 1.